The Morgan fingerprint density at radius 3 is 2.56 bits per heavy atom. The topological polar surface area (TPSA) is 53.1 Å². The van der Waals surface area contributed by atoms with Crippen LogP contribution in [0.1, 0.15) is 37.8 Å². The molecule has 0 spiro atoms. The molecule has 0 saturated carbocycles. The molecule has 0 N–H and O–H groups in total. The molecular weight excluding hydrogens is 342 g/mol. The van der Waals surface area contributed by atoms with Gasteiger partial charge < -0.3 is 19.4 Å². The van der Waals surface area contributed by atoms with E-state index in [0.717, 1.165) is 37.2 Å². The Morgan fingerprint density at radius 1 is 1.26 bits per heavy atom. The molecule has 2 amide bonds. The van der Waals surface area contributed by atoms with Crippen LogP contribution < -0.4 is 4.74 Å². The minimum absolute atomic E-state index is 0.0449. The molecule has 27 heavy (non-hydrogen) atoms. The maximum Gasteiger partial charge on any atom is 0.228 e. The van der Waals surface area contributed by atoms with Crippen LogP contribution in [0, 0.1) is 5.92 Å². The molecule has 6 nitrogen and oxygen atoms in total. The predicted molar refractivity (Wildman–Crippen MR) is 105 cm³/mol. The van der Waals surface area contributed by atoms with Crippen LogP contribution in [-0.4, -0.2) is 73.4 Å². The first kappa shape index (κ1) is 19.7. The lowest BCUT2D eigenvalue weighted by atomic mass is 9.90. The van der Waals surface area contributed by atoms with Gasteiger partial charge in [0.25, 0.3) is 0 Å². The highest BCUT2D eigenvalue weighted by Crippen LogP contribution is 2.42. The third-order valence-corrected chi connectivity index (χ3v) is 6.13. The Bertz CT molecular complexity index is 685. The van der Waals surface area contributed by atoms with Crippen LogP contribution in [0.3, 0.4) is 0 Å². The van der Waals surface area contributed by atoms with Gasteiger partial charge in [-0.25, -0.2) is 0 Å². The highest BCUT2D eigenvalue weighted by Gasteiger charge is 2.46. The summed E-state index contributed by atoms with van der Waals surface area (Å²) in [4.78, 5) is 32.1. The molecule has 148 valence electrons. The number of carbonyl (C=O) groups excluding carboxylic acids is 2. The average molecular weight is 373 g/mol. The standard InChI is InChI=1S/C21H31N3O3/c1-5-24-19(25)14-17(20(24)16-8-6-7-9-18(16)27-4)21(26)23(3)15-10-12-22(2)13-11-15/h6-9,15,17,20H,5,10-14H2,1-4H3/t17-,20+/m1/s1. The van der Waals surface area contributed by atoms with Crippen LogP contribution in [0.4, 0.5) is 0 Å². The molecule has 0 radical (unpaired) electrons. The molecule has 0 unspecified atom stereocenters. The SMILES string of the molecule is CCN1C(=O)C[C@@H](C(=O)N(C)C2CCN(C)CC2)[C@@H]1c1ccccc1OC. The Hall–Kier alpha value is -2.08. The minimum Gasteiger partial charge on any atom is -0.496 e. The molecule has 2 aliphatic heterocycles. The summed E-state index contributed by atoms with van der Waals surface area (Å²) in [5.74, 6) is 0.488. The summed E-state index contributed by atoms with van der Waals surface area (Å²) in [6.07, 6.45) is 2.23. The lowest BCUT2D eigenvalue weighted by molar-refractivity contribution is -0.138. The second-order valence-corrected chi connectivity index (χ2v) is 7.66. The van der Waals surface area contributed by atoms with E-state index in [0.29, 0.717) is 6.54 Å². The van der Waals surface area contributed by atoms with Gasteiger partial charge in [-0.05, 0) is 46.0 Å². The molecular formula is C21H31N3O3. The Labute approximate surface area is 162 Å². The Kier molecular flexibility index (Phi) is 6.05. The molecule has 2 heterocycles. The number of piperidine rings is 1. The van der Waals surface area contributed by atoms with Gasteiger partial charge in [0.2, 0.25) is 11.8 Å². The van der Waals surface area contributed by atoms with Gasteiger partial charge in [0.1, 0.15) is 5.75 Å². The molecule has 1 aromatic carbocycles. The second kappa shape index (κ2) is 8.30. The van der Waals surface area contributed by atoms with Crippen molar-refractivity contribution in [3.05, 3.63) is 29.8 Å². The molecule has 6 heteroatoms. The van der Waals surface area contributed by atoms with Crippen molar-refractivity contribution >= 4 is 11.8 Å². The van der Waals surface area contributed by atoms with E-state index in [4.69, 9.17) is 4.74 Å². The Morgan fingerprint density at radius 2 is 1.93 bits per heavy atom. The van der Waals surface area contributed by atoms with Crippen molar-refractivity contribution < 1.29 is 14.3 Å². The number of nitrogens with zero attached hydrogens (tertiary/aromatic N) is 3. The number of hydrogen-bond donors (Lipinski definition) is 0. The molecule has 2 saturated heterocycles. The van der Waals surface area contributed by atoms with Crippen molar-refractivity contribution in [2.45, 2.75) is 38.3 Å². The highest BCUT2D eigenvalue weighted by atomic mass is 16.5. The third kappa shape index (κ3) is 3.81. The number of benzene rings is 1. The van der Waals surface area contributed by atoms with Crippen LogP contribution in [0.5, 0.6) is 5.75 Å². The van der Waals surface area contributed by atoms with Crippen LogP contribution in [0.15, 0.2) is 24.3 Å². The maximum absolute atomic E-state index is 13.4. The lowest BCUT2D eigenvalue weighted by Crippen LogP contribution is -2.47. The molecule has 0 aliphatic carbocycles. The van der Waals surface area contributed by atoms with Gasteiger partial charge in [-0.3, -0.25) is 9.59 Å². The van der Waals surface area contributed by atoms with Crippen LogP contribution in [-0.2, 0) is 9.59 Å². The zero-order valence-electron chi connectivity index (χ0n) is 16.9. The van der Waals surface area contributed by atoms with Crippen LogP contribution in [0.25, 0.3) is 0 Å². The minimum atomic E-state index is -0.363. The normalized spacial score (nSPS) is 24.3. The van der Waals surface area contributed by atoms with Crippen molar-refractivity contribution in [3.8, 4) is 5.75 Å². The van der Waals surface area contributed by atoms with Crippen LogP contribution in [0.2, 0.25) is 0 Å². The fourth-order valence-corrected chi connectivity index (χ4v) is 4.50. The second-order valence-electron chi connectivity index (χ2n) is 7.66. The number of likely N-dealkylation sites (tertiary alicyclic amines) is 2. The number of rotatable bonds is 5. The van der Waals surface area contributed by atoms with E-state index in [9.17, 15) is 9.59 Å². The molecule has 2 aliphatic rings. The van der Waals surface area contributed by atoms with Crippen molar-refractivity contribution in [1.29, 1.82) is 0 Å². The monoisotopic (exact) mass is 373 g/mol. The number of carbonyl (C=O) groups is 2. The quantitative estimate of drug-likeness (QED) is 0.794. The number of methoxy groups -OCH3 is 1. The molecule has 0 aromatic heterocycles. The third-order valence-electron chi connectivity index (χ3n) is 6.13. The smallest absolute Gasteiger partial charge is 0.228 e. The number of ether oxygens (including phenoxy) is 1. The van der Waals surface area contributed by atoms with E-state index >= 15 is 0 Å². The first-order valence-electron chi connectivity index (χ1n) is 9.85. The van der Waals surface area contributed by atoms with E-state index in [1.807, 2.05) is 48.0 Å². The first-order chi connectivity index (χ1) is 13.0. The molecule has 3 rings (SSSR count). The molecule has 0 bridgehead atoms. The number of amides is 2. The largest absolute Gasteiger partial charge is 0.496 e. The molecule has 2 fully saturated rings. The van der Waals surface area contributed by atoms with E-state index in [2.05, 4.69) is 11.9 Å². The zero-order valence-corrected chi connectivity index (χ0v) is 16.9. The number of hydrogen-bond acceptors (Lipinski definition) is 4. The van der Waals surface area contributed by atoms with Gasteiger partial charge in [0, 0.05) is 31.6 Å². The summed E-state index contributed by atoms with van der Waals surface area (Å²) in [5, 5.41) is 0. The fourth-order valence-electron chi connectivity index (χ4n) is 4.50. The van der Waals surface area contributed by atoms with E-state index in [1.165, 1.54) is 0 Å². The summed E-state index contributed by atoms with van der Waals surface area (Å²) in [7, 11) is 5.65. The fraction of sp³-hybridized carbons (Fsp3) is 0.619. The predicted octanol–water partition coefficient (Wildman–Crippen LogP) is 2.16. The summed E-state index contributed by atoms with van der Waals surface area (Å²) < 4.78 is 5.53. The van der Waals surface area contributed by atoms with Crippen LogP contribution >= 0.6 is 0 Å². The van der Waals surface area contributed by atoms with Gasteiger partial charge in [-0.1, -0.05) is 18.2 Å². The van der Waals surface area contributed by atoms with E-state index in [-0.39, 0.29) is 36.2 Å². The van der Waals surface area contributed by atoms with Crippen molar-refractivity contribution in [2.75, 3.05) is 40.8 Å². The summed E-state index contributed by atoms with van der Waals surface area (Å²) in [6, 6.07) is 7.71. The summed E-state index contributed by atoms with van der Waals surface area (Å²) >= 11 is 0. The van der Waals surface area contributed by atoms with Gasteiger partial charge in [0.15, 0.2) is 0 Å². The molecule has 1 aromatic rings. The number of para-hydroxylation sites is 1. The zero-order chi connectivity index (χ0) is 19.6. The summed E-state index contributed by atoms with van der Waals surface area (Å²) in [6.45, 7) is 4.56. The van der Waals surface area contributed by atoms with E-state index in [1.54, 1.807) is 7.11 Å². The van der Waals surface area contributed by atoms with Gasteiger partial charge >= 0.3 is 0 Å². The Balaban J connectivity index is 1.87. The first-order valence-corrected chi connectivity index (χ1v) is 9.85. The molecule has 2 atom stereocenters. The average Bonchev–Trinajstić information content (AvgIpc) is 3.03. The van der Waals surface area contributed by atoms with Crippen molar-refractivity contribution in [1.82, 2.24) is 14.7 Å². The van der Waals surface area contributed by atoms with Gasteiger partial charge in [0.05, 0.1) is 19.1 Å². The van der Waals surface area contributed by atoms with Crippen molar-refractivity contribution in [3.63, 3.8) is 0 Å². The lowest BCUT2D eigenvalue weighted by Gasteiger charge is -2.37. The maximum atomic E-state index is 13.4. The van der Waals surface area contributed by atoms with E-state index < -0.39 is 0 Å². The highest BCUT2D eigenvalue weighted by molar-refractivity contribution is 5.90. The van der Waals surface area contributed by atoms with Gasteiger partial charge in [-0.2, -0.15) is 0 Å². The van der Waals surface area contributed by atoms with Gasteiger partial charge in [-0.15, -0.1) is 0 Å². The summed E-state index contributed by atoms with van der Waals surface area (Å²) in [5.41, 5.74) is 0.919. The van der Waals surface area contributed by atoms with Crippen molar-refractivity contribution in [2.24, 2.45) is 5.92 Å².